The Morgan fingerprint density at radius 1 is 1.00 bits per heavy atom. The molecule has 0 N–H and O–H groups in total. The van der Waals surface area contributed by atoms with E-state index in [0.29, 0.717) is 5.56 Å². The lowest BCUT2D eigenvalue weighted by molar-refractivity contribution is 0.101. The number of carbonyl (C=O) groups excluding carboxylic acids is 1. The number of ketones is 1. The van der Waals surface area contributed by atoms with Gasteiger partial charge in [-0.05, 0) is 61.9 Å². The number of para-hydroxylation sites is 1. The van der Waals surface area contributed by atoms with Crippen LogP contribution in [-0.4, -0.2) is 10.4 Å². The monoisotopic (exact) mass is 293 g/mol. The molecular weight excluding hydrogens is 277 g/mol. The molecule has 22 heavy (non-hydrogen) atoms. The van der Waals surface area contributed by atoms with Crippen molar-refractivity contribution in [1.29, 1.82) is 0 Å². The van der Waals surface area contributed by atoms with E-state index < -0.39 is 0 Å². The minimum absolute atomic E-state index is 0.0237. The number of rotatable bonds is 3. The molecule has 0 bridgehead atoms. The number of nitrogens with zero attached hydrogens (tertiary/aromatic N) is 1. The molecule has 0 saturated carbocycles. The highest BCUT2D eigenvalue weighted by molar-refractivity contribution is 5.97. The summed E-state index contributed by atoms with van der Waals surface area (Å²) in [5.74, 6) is -0.249. The SMILES string of the molecule is CC(=O)c1cc(-c2ccc(F)cc2)n(-c2ccccc2)c1C. The molecule has 2 nitrogen and oxygen atoms in total. The second kappa shape index (κ2) is 5.60. The Morgan fingerprint density at radius 2 is 1.64 bits per heavy atom. The molecule has 0 aliphatic rings. The zero-order valence-corrected chi connectivity index (χ0v) is 12.5. The quantitative estimate of drug-likeness (QED) is 0.636. The van der Waals surface area contributed by atoms with Crippen molar-refractivity contribution in [1.82, 2.24) is 4.57 Å². The molecule has 0 amide bonds. The average Bonchev–Trinajstić information content (AvgIpc) is 2.86. The van der Waals surface area contributed by atoms with Crippen LogP contribution in [0, 0.1) is 12.7 Å². The molecule has 0 unspecified atom stereocenters. The topological polar surface area (TPSA) is 22.0 Å². The molecule has 0 spiro atoms. The van der Waals surface area contributed by atoms with Gasteiger partial charge in [0.05, 0.1) is 5.69 Å². The van der Waals surface area contributed by atoms with Gasteiger partial charge < -0.3 is 4.57 Å². The van der Waals surface area contributed by atoms with E-state index in [9.17, 15) is 9.18 Å². The summed E-state index contributed by atoms with van der Waals surface area (Å²) >= 11 is 0. The molecule has 1 aromatic heterocycles. The van der Waals surface area contributed by atoms with Crippen LogP contribution < -0.4 is 0 Å². The number of hydrogen-bond donors (Lipinski definition) is 0. The van der Waals surface area contributed by atoms with E-state index in [1.165, 1.54) is 12.1 Å². The van der Waals surface area contributed by atoms with Gasteiger partial charge in [0.1, 0.15) is 5.82 Å². The van der Waals surface area contributed by atoms with Crippen molar-refractivity contribution in [2.75, 3.05) is 0 Å². The highest BCUT2D eigenvalue weighted by atomic mass is 19.1. The van der Waals surface area contributed by atoms with Crippen molar-refractivity contribution < 1.29 is 9.18 Å². The molecule has 0 saturated heterocycles. The predicted molar refractivity (Wildman–Crippen MR) is 85.9 cm³/mol. The summed E-state index contributed by atoms with van der Waals surface area (Å²) in [6.07, 6.45) is 0. The van der Waals surface area contributed by atoms with Crippen LogP contribution in [0.25, 0.3) is 16.9 Å². The van der Waals surface area contributed by atoms with Crippen molar-refractivity contribution in [2.45, 2.75) is 13.8 Å². The maximum absolute atomic E-state index is 13.2. The minimum Gasteiger partial charge on any atom is -0.313 e. The standard InChI is InChI=1S/C19H16FNO/c1-13-18(14(2)22)12-19(15-8-10-16(20)11-9-15)21(13)17-6-4-3-5-7-17/h3-12H,1-2H3. The zero-order chi connectivity index (χ0) is 15.7. The van der Waals surface area contributed by atoms with Crippen LogP contribution in [0.15, 0.2) is 60.7 Å². The second-order valence-corrected chi connectivity index (χ2v) is 5.26. The Hall–Kier alpha value is -2.68. The van der Waals surface area contributed by atoms with E-state index in [0.717, 1.165) is 22.6 Å². The molecule has 0 radical (unpaired) electrons. The maximum Gasteiger partial charge on any atom is 0.161 e. The molecule has 3 aromatic rings. The first-order valence-electron chi connectivity index (χ1n) is 7.12. The van der Waals surface area contributed by atoms with Gasteiger partial charge in [-0.2, -0.15) is 0 Å². The van der Waals surface area contributed by atoms with Gasteiger partial charge in [0.2, 0.25) is 0 Å². The lowest BCUT2D eigenvalue weighted by atomic mass is 10.1. The Labute approximate surface area is 128 Å². The van der Waals surface area contributed by atoms with Crippen LogP contribution in [0.4, 0.5) is 4.39 Å². The summed E-state index contributed by atoms with van der Waals surface area (Å²) in [6, 6.07) is 18.0. The fourth-order valence-electron chi connectivity index (χ4n) is 2.71. The third kappa shape index (κ3) is 2.46. The average molecular weight is 293 g/mol. The third-order valence-electron chi connectivity index (χ3n) is 3.78. The van der Waals surface area contributed by atoms with Crippen molar-refractivity contribution in [3.05, 3.63) is 77.7 Å². The zero-order valence-electron chi connectivity index (χ0n) is 12.5. The molecule has 3 rings (SSSR count). The number of hydrogen-bond acceptors (Lipinski definition) is 1. The van der Waals surface area contributed by atoms with Crippen LogP contribution in [0.1, 0.15) is 23.0 Å². The minimum atomic E-state index is -0.273. The van der Waals surface area contributed by atoms with Crippen molar-refractivity contribution >= 4 is 5.78 Å². The number of Topliss-reactive ketones (excluding diaryl/α,β-unsaturated/α-hetero) is 1. The van der Waals surface area contributed by atoms with Crippen LogP contribution in [0.3, 0.4) is 0 Å². The lowest BCUT2D eigenvalue weighted by Gasteiger charge is -2.12. The maximum atomic E-state index is 13.2. The number of carbonyl (C=O) groups is 1. The summed E-state index contributed by atoms with van der Waals surface area (Å²) in [5, 5.41) is 0. The van der Waals surface area contributed by atoms with E-state index in [2.05, 4.69) is 0 Å². The molecule has 1 heterocycles. The summed E-state index contributed by atoms with van der Waals surface area (Å²) in [6.45, 7) is 3.49. The highest BCUT2D eigenvalue weighted by Crippen LogP contribution is 2.29. The smallest absolute Gasteiger partial charge is 0.161 e. The van der Waals surface area contributed by atoms with Crippen LogP contribution in [-0.2, 0) is 0 Å². The lowest BCUT2D eigenvalue weighted by Crippen LogP contribution is -2.01. The highest BCUT2D eigenvalue weighted by Gasteiger charge is 2.17. The summed E-state index contributed by atoms with van der Waals surface area (Å²) in [4.78, 5) is 11.9. The van der Waals surface area contributed by atoms with Crippen LogP contribution >= 0.6 is 0 Å². The molecule has 0 fully saturated rings. The summed E-state index contributed by atoms with van der Waals surface area (Å²) in [5.41, 5.74) is 4.31. The van der Waals surface area contributed by atoms with Crippen LogP contribution in [0.2, 0.25) is 0 Å². The van der Waals surface area contributed by atoms with Crippen molar-refractivity contribution in [3.8, 4) is 16.9 Å². The Kier molecular flexibility index (Phi) is 3.63. The first-order valence-corrected chi connectivity index (χ1v) is 7.12. The van der Waals surface area contributed by atoms with E-state index >= 15 is 0 Å². The third-order valence-corrected chi connectivity index (χ3v) is 3.78. The first-order chi connectivity index (χ1) is 10.6. The van der Waals surface area contributed by atoms with E-state index in [4.69, 9.17) is 0 Å². The van der Waals surface area contributed by atoms with E-state index in [1.807, 2.05) is 47.9 Å². The molecule has 3 heteroatoms. The van der Waals surface area contributed by atoms with Gasteiger partial charge in [-0.25, -0.2) is 4.39 Å². The summed E-state index contributed by atoms with van der Waals surface area (Å²) < 4.78 is 15.2. The van der Waals surface area contributed by atoms with Gasteiger partial charge in [-0.3, -0.25) is 4.79 Å². The van der Waals surface area contributed by atoms with E-state index in [-0.39, 0.29) is 11.6 Å². The second-order valence-electron chi connectivity index (χ2n) is 5.26. The fraction of sp³-hybridized carbons (Fsp3) is 0.105. The molecule has 0 aliphatic carbocycles. The molecule has 0 atom stereocenters. The van der Waals surface area contributed by atoms with Crippen molar-refractivity contribution in [3.63, 3.8) is 0 Å². The van der Waals surface area contributed by atoms with Gasteiger partial charge in [0.25, 0.3) is 0 Å². The van der Waals surface area contributed by atoms with Crippen molar-refractivity contribution in [2.24, 2.45) is 0 Å². The Bertz CT molecular complexity index is 817. The molecule has 0 aliphatic heterocycles. The van der Waals surface area contributed by atoms with Gasteiger partial charge in [0.15, 0.2) is 5.78 Å². The largest absolute Gasteiger partial charge is 0.313 e. The van der Waals surface area contributed by atoms with Gasteiger partial charge in [-0.15, -0.1) is 0 Å². The van der Waals surface area contributed by atoms with E-state index in [1.54, 1.807) is 19.1 Å². The number of halogens is 1. The molecule has 2 aromatic carbocycles. The Balaban J connectivity index is 2.27. The van der Waals surface area contributed by atoms with Gasteiger partial charge >= 0.3 is 0 Å². The Morgan fingerprint density at radius 3 is 2.23 bits per heavy atom. The van der Waals surface area contributed by atoms with Crippen LogP contribution in [0.5, 0.6) is 0 Å². The predicted octanol–water partition coefficient (Wildman–Crippen LogP) is 4.79. The summed E-state index contributed by atoms with van der Waals surface area (Å²) in [7, 11) is 0. The number of aromatic nitrogens is 1. The van der Waals surface area contributed by atoms with Gasteiger partial charge in [-0.1, -0.05) is 18.2 Å². The molecule has 110 valence electrons. The fourth-order valence-corrected chi connectivity index (χ4v) is 2.71. The normalized spacial score (nSPS) is 10.7. The van der Waals surface area contributed by atoms with Gasteiger partial charge in [0, 0.05) is 16.9 Å². The molecular formula is C19H16FNO. The number of benzene rings is 2. The first kappa shape index (κ1) is 14.3.